The molecule has 0 radical (unpaired) electrons. The second kappa shape index (κ2) is 7.43. The summed E-state index contributed by atoms with van der Waals surface area (Å²) >= 11 is 0. The largest absolute Gasteiger partial charge is 0.478 e. The molecule has 112 valence electrons. The maximum absolute atomic E-state index is 5.45. The van der Waals surface area contributed by atoms with E-state index in [1.54, 1.807) is 0 Å². The maximum atomic E-state index is 5.45. The van der Waals surface area contributed by atoms with Crippen LogP contribution in [0.25, 0.3) is 0 Å². The zero-order valence-electron chi connectivity index (χ0n) is 12.9. The van der Waals surface area contributed by atoms with E-state index < -0.39 is 0 Å². The fourth-order valence-electron chi connectivity index (χ4n) is 2.59. The van der Waals surface area contributed by atoms with E-state index in [-0.39, 0.29) is 0 Å². The van der Waals surface area contributed by atoms with Crippen molar-refractivity contribution in [1.82, 2.24) is 14.9 Å². The Morgan fingerprint density at radius 3 is 2.75 bits per heavy atom. The van der Waals surface area contributed by atoms with Gasteiger partial charge in [-0.25, -0.2) is 4.98 Å². The molecule has 1 aliphatic heterocycles. The zero-order chi connectivity index (χ0) is 14.4. The Hall–Kier alpha value is -1.36. The minimum atomic E-state index is 0.529. The first kappa shape index (κ1) is 15.0. The van der Waals surface area contributed by atoms with Crippen LogP contribution in [0, 0.1) is 6.92 Å². The summed E-state index contributed by atoms with van der Waals surface area (Å²) in [7, 11) is 0. The lowest BCUT2D eigenvalue weighted by Crippen LogP contribution is -2.41. The molecule has 0 saturated carbocycles. The van der Waals surface area contributed by atoms with Gasteiger partial charge in [0.25, 0.3) is 0 Å². The van der Waals surface area contributed by atoms with Crippen LogP contribution in [0.2, 0.25) is 0 Å². The molecule has 1 atom stereocenters. The molecule has 20 heavy (non-hydrogen) atoms. The molecule has 0 aromatic carbocycles. The summed E-state index contributed by atoms with van der Waals surface area (Å²) in [5, 5.41) is 3.41. The molecule has 1 saturated heterocycles. The van der Waals surface area contributed by atoms with Crippen LogP contribution >= 0.6 is 0 Å². The van der Waals surface area contributed by atoms with E-state index in [1.807, 2.05) is 19.9 Å². The first-order valence-electron chi connectivity index (χ1n) is 7.65. The normalized spacial score (nSPS) is 17.8. The van der Waals surface area contributed by atoms with E-state index in [0.29, 0.717) is 18.5 Å². The molecule has 5 nitrogen and oxygen atoms in total. The van der Waals surface area contributed by atoms with E-state index in [1.165, 1.54) is 32.4 Å². The van der Waals surface area contributed by atoms with Crippen molar-refractivity contribution in [1.29, 1.82) is 0 Å². The van der Waals surface area contributed by atoms with E-state index in [2.05, 4.69) is 27.1 Å². The lowest BCUT2D eigenvalue weighted by molar-refractivity contribution is 0.180. The molecule has 0 bridgehead atoms. The SMILES string of the molecule is CCOc1cc(NCC(C)N2CCCCC2)nc(C)n1. The highest BCUT2D eigenvalue weighted by molar-refractivity contribution is 5.38. The highest BCUT2D eigenvalue weighted by Gasteiger charge is 2.16. The topological polar surface area (TPSA) is 50.3 Å². The Balaban J connectivity index is 1.89. The number of nitrogens with zero attached hydrogens (tertiary/aromatic N) is 3. The van der Waals surface area contributed by atoms with Gasteiger partial charge in [0, 0.05) is 18.7 Å². The van der Waals surface area contributed by atoms with Crippen LogP contribution in [0.3, 0.4) is 0 Å². The fourth-order valence-corrected chi connectivity index (χ4v) is 2.59. The molecular formula is C15H26N4O. The van der Waals surface area contributed by atoms with Gasteiger partial charge in [0.05, 0.1) is 6.61 Å². The number of nitrogens with one attached hydrogen (secondary N) is 1. The molecule has 0 spiro atoms. The lowest BCUT2D eigenvalue weighted by Gasteiger charge is -2.32. The van der Waals surface area contributed by atoms with Gasteiger partial charge in [0.15, 0.2) is 0 Å². The van der Waals surface area contributed by atoms with Crippen molar-refractivity contribution in [3.05, 3.63) is 11.9 Å². The number of ether oxygens (including phenoxy) is 1. The molecule has 2 heterocycles. The summed E-state index contributed by atoms with van der Waals surface area (Å²) in [5.74, 6) is 2.24. The number of likely N-dealkylation sites (tertiary alicyclic amines) is 1. The summed E-state index contributed by atoms with van der Waals surface area (Å²) in [5.41, 5.74) is 0. The summed E-state index contributed by atoms with van der Waals surface area (Å²) < 4.78 is 5.45. The third-order valence-corrected chi connectivity index (χ3v) is 3.70. The standard InChI is InChI=1S/C15H26N4O/c1-4-20-15-10-14(17-13(3)18-15)16-11-12(2)19-8-6-5-7-9-19/h10,12H,4-9,11H2,1-3H3,(H,16,17,18). The number of hydrogen-bond donors (Lipinski definition) is 1. The van der Waals surface area contributed by atoms with Gasteiger partial charge in [-0.3, -0.25) is 4.90 Å². The summed E-state index contributed by atoms with van der Waals surface area (Å²) in [6.45, 7) is 10.1. The van der Waals surface area contributed by atoms with E-state index in [0.717, 1.165) is 18.2 Å². The third-order valence-electron chi connectivity index (χ3n) is 3.70. The van der Waals surface area contributed by atoms with Crippen molar-refractivity contribution in [2.45, 2.75) is 46.1 Å². The average molecular weight is 278 g/mol. The monoisotopic (exact) mass is 278 g/mol. The van der Waals surface area contributed by atoms with Gasteiger partial charge in [-0.15, -0.1) is 0 Å². The number of aryl methyl sites for hydroxylation is 1. The number of piperidine rings is 1. The van der Waals surface area contributed by atoms with Gasteiger partial charge in [0.2, 0.25) is 5.88 Å². The summed E-state index contributed by atoms with van der Waals surface area (Å²) in [4.78, 5) is 11.2. The van der Waals surface area contributed by atoms with Gasteiger partial charge >= 0.3 is 0 Å². The van der Waals surface area contributed by atoms with Crippen molar-refractivity contribution in [3.63, 3.8) is 0 Å². The van der Waals surface area contributed by atoms with Crippen molar-refractivity contribution < 1.29 is 4.74 Å². The second-order valence-corrected chi connectivity index (χ2v) is 5.40. The molecule has 1 aromatic heterocycles. The average Bonchev–Trinajstić information content (AvgIpc) is 2.45. The Kier molecular flexibility index (Phi) is 5.59. The van der Waals surface area contributed by atoms with Crippen LogP contribution in [0.1, 0.15) is 38.9 Å². The Labute approximate surface area is 121 Å². The Morgan fingerprint density at radius 1 is 1.30 bits per heavy atom. The molecule has 1 unspecified atom stereocenters. The highest BCUT2D eigenvalue weighted by Crippen LogP contribution is 2.15. The van der Waals surface area contributed by atoms with Crippen LogP contribution in [0.5, 0.6) is 5.88 Å². The quantitative estimate of drug-likeness (QED) is 0.866. The van der Waals surface area contributed by atoms with Crippen LogP contribution in [0.4, 0.5) is 5.82 Å². The summed E-state index contributed by atoms with van der Waals surface area (Å²) in [6, 6.07) is 2.40. The Bertz CT molecular complexity index is 418. The van der Waals surface area contributed by atoms with E-state index in [9.17, 15) is 0 Å². The first-order chi connectivity index (χ1) is 9.69. The zero-order valence-corrected chi connectivity index (χ0v) is 12.9. The maximum Gasteiger partial charge on any atom is 0.218 e. The number of aromatic nitrogens is 2. The van der Waals surface area contributed by atoms with Crippen molar-refractivity contribution in [3.8, 4) is 5.88 Å². The van der Waals surface area contributed by atoms with E-state index in [4.69, 9.17) is 4.74 Å². The number of hydrogen-bond acceptors (Lipinski definition) is 5. The van der Waals surface area contributed by atoms with Gasteiger partial charge in [-0.1, -0.05) is 6.42 Å². The second-order valence-electron chi connectivity index (χ2n) is 5.40. The smallest absolute Gasteiger partial charge is 0.218 e. The molecular weight excluding hydrogens is 252 g/mol. The van der Waals surface area contributed by atoms with Crippen LogP contribution in [-0.4, -0.2) is 47.2 Å². The first-order valence-corrected chi connectivity index (χ1v) is 7.65. The third kappa shape index (κ3) is 4.34. The molecule has 1 N–H and O–H groups in total. The lowest BCUT2D eigenvalue weighted by atomic mass is 10.1. The van der Waals surface area contributed by atoms with Crippen molar-refractivity contribution in [2.75, 3.05) is 31.6 Å². The predicted molar refractivity (Wildman–Crippen MR) is 81.3 cm³/mol. The van der Waals surface area contributed by atoms with Gasteiger partial charge in [-0.05, 0) is 46.7 Å². The molecule has 2 rings (SSSR count). The fraction of sp³-hybridized carbons (Fsp3) is 0.733. The van der Waals surface area contributed by atoms with Crippen molar-refractivity contribution in [2.24, 2.45) is 0 Å². The molecule has 0 amide bonds. The molecule has 5 heteroatoms. The van der Waals surface area contributed by atoms with Gasteiger partial charge < -0.3 is 10.1 Å². The molecule has 0 aliphatic carbocycles. The van der Waals surface area contributed by atoms with Gasteiger partial charge in [0.1, 0.15) is 11.6 Å². The van der Waals surface area contributed by atoms with Crippen LogP contribution < -0.4 is 10.1 Å². The summed E-state index contributed by atoms with van der Waals surface area (Å²) in [6.07, 6.45) is 4.02. The molecule has 1 aromatic rings. The molecule has 1 aliphatic rings. The highest BCUT2D eigenvalue weighted by atomic mass is 16.5. The van der Waals surface area contributed by atoms with E-state index >= 15 is 0 Å². The Morgan fingerprint density at radius 2 is 2.05 bits per heavy atom. The van der Waals surface area contributed by atoms with Gasteiger partial charge in [-0.2, -0.15) is 4.98 Å². The van der Waals surface area contributed by atoms with Crippen LogP contribution in [-0.2, 0) is 0 Å². The number of rotatable bonds is 6. The minimum Gasteiger partial charge on any atom is -0.478 e. The number of anilines is 1. The minimum absolute atomic E-state index is 0.529. The van der Waals surface area contributed by atoms with Crippen molar-refractivity contribution >= 4 is 5.82 Å². The van der Waals surface area contributed by atoms with Crippen LogP contribution in [0.15, 0.2) is 6.07 Å². The molecule has 1 fully saturated rings. The predicted octanol–water partition coefficient (Wildman–Crippen LogP) is 2.47.